The summed E-state index contributed by atoms with van der Waals surface area (Å²) >= 11 is 0. The Bertz CT molecular complexity index is 1420. The van der Waals surface area contributed by atoms with Crippen LogP contribution in [0, 0.1) is 11.3 Å². The van der Waals surface area contributed by atoms with Gasteiger partial charge in [-0.2, -0.15) is 5.26 Å². The van der Waals surface area contributed by atoms with Gasteiger partial charge in [-0.3, -0.25) is 4.79 Å². The highest BCUT2D eigenvalue weighted by atomic mass is 16.5. The van der Waals surface area contributed by atoms with E-state index in [-0.39, 0.29) is 5.56 Å². The minimum atomic E-state index is 0.0552. The van der Waals surface area contributed by atoms with E-state index in [2.05, 4.69) is 24.3 Å². The molecular weight excluding hydrogens is 420 g/mol. The molecule has 34 heavy (non-hydrogen) atoms. The second-order valence-corrected chi connectivity index (χ2v) is 9.10. The van der Waals surface area contributed by atoms with Crippen molar-refractivity contribution in [3.8, 4) is 22.9 Å². The summed E-state index contributed by atoms with van der Waals surface area (Å²) in [6.45, 7) is 0.535. The zero-order valence-corrected chi connectivity index (χ0v) is 19.5. The fraction of sp³-hybridized carbons (Fsp3) is 0.267. The van der Waals surface area contributed by atoms with E-state index in [1.165, 1.54) is 19.3 Å². The Morgan fingerprint density at radius 1 is 0.971 bits per heavy atom. The van der Waals surface area contributed by atoms with Crippen LogP contribution in [0.25, 0.3) is 21.9 Å². The SMILES string of the molecule is COc1ccc2c(=O)n(Cc3ccc(-c4ccccc4C#N)cc3)c(C3CCCCC3)cc2c1. The summed E-state index contributed by atoms with van der Waals surface area (Å²) in [6.07, 6.45) is 5.94. The van der Waals surface area contributed by atoms with Crippen LogP contribution in [0.1, 0.15) is 54.8 Å². The zero-order chi connectivity index (χ0) is 23.5. The number of pyridine rings is 1. The lowest BCUT2D eigenvalue weighted by Crippen LogP contribution is -2.26. The first-order valence-corrected chi connectivity index (χ1v) is 12.0. The number of rotatable bonds is 5. The van der Waals surface area contributed by atoms with Crippen LogP contribution >= 0.6 is 0 Å². The first-order chi connectivity index (χ1) is 16.7. The maximum absolute atomic E-state index is 13.7. The third-order valence-electron chi connectivity index (χ3n) is 7.03. The average Bonchev–Trinajstić information content (AvgIpc) is 2.90. The molecule has 0 amide bonds. The molecule has 4 heteroatoms. The van der Waals surface area contributed by atoms with E-state index >= 15 is 0 Å². The van der Waals surface area contributed by atoms with Gasteiger partial charge >= 0.3 is 0 Å². The Morgan fingerprint density at radius 3 is 2.47 bits per heavy atom. The van der Waals surface area contributed by atoms with Crippen LogP contribution in [0.3, 0.4) is 0 Å². The summed E-state index contributed by atoms with van der Waals surface area (Å²) in [4.78, 5) is 13.7. The third-order valence-corrected chi connectivity index (χ3v) is 7.03. The molecule has 1 heterocycles. The van der Waals surface area contributed by atoms with E-state index in [4.69, 9.17) is 4.74 Å². The number of fused-ring (bicyclic) bond motifs is 1. The zero-order valence-electron chi connectivity index (χ0n) is 19.5. The summed E-state index contributed by atoms with van der Waals surface area (Å²) in [6, 6.07) is 26.0. The summed E-state index contributed by atoms with van der Waals surface area (Å²) < 4.78 is 7.38. The highest BCUT2D eigenvalue weighted by Crippen LogP contribution is 2.34. The minimum absolute atomic E-state index is 0.0552. The molecule has 4 nitrogen and oxygen atoms in total. The van der Waals surface area contributed by atoms with Crippen LogP contribution in [0.5, 0.6) is 5.75 Å². The summed E-state index contributed by atoms with van der Waals surface area (Å²) in [7, 11) is 1.66. The molecule has 0 aliphatic heterocycles. The number of benzene rings is 3. The highest BCUT2D eigenvalue weighted by Gasteiger charge is 2.21. The van der Waals surface area contributed by atoms with Crippen LogP contribution in [0.4, 0.5) is 0 Å². The topological polar surface area (TPSA) is 55.0 Å². The molecule has 0 saturated heterocycles. The molecule has 0 unspecified atom stereocenters. The largest absolute Gasteiger partial charge is 0.497 e. The smallest absolute Gasteiger partial charge is 0.258 e. The number of hydrogen-bond acceptors (Lipinski definition) is 3. The molecule has 170 valence electrons. The van der Waals surface area contributed by atoms with E-state index in [1.807, 2.05) is 59.2 Å². The summed E-state index contributed by atoms with van der Waals surface area (Å²) in [5.41, 5.74) is 4.85. The van der Waals surface area contributed by atoms with Crippen molar-refractivity contribution in [3.05, 3.63) is 100.0 Å². The molecule has 1 saturated carbocycles. The molecule has 0 N–H and O–H groups in total. The normalized spacial score (nSPS) is 14.1. The quantitative estimate of drug-likeness (QED) is 0.344. The molecule has 5 rings (SSSR count). The van der Waals surface area contributed by atoms with Gasteiger partial charge in [0.05, 0.1) is 25.3 Å². The van der Waals surface area contributed by atoms with Crippen molar-refractivity contribution >= 4 is 10.8 Å². The lowest BCUT2D eigenvalue weighted by Gasteiger charge is -2.26. The minimum Gasteiger partial charge on any atom is -0.497 e. The number of methoxy groups -OCH3 is 1. The molecule has 0 bridgehead atoms. The Hall–Kier alpha value is -3.84. The van der Waals surface area contributed by atoms with Crippen molar-refractivity contribution < 1.29 is 4.74 Å². The predicted molar refractivity (Wildman–Crippen MR) is 136 cm³/mol. The van der Waals surface area contributed by atoms with Gasteiger partial charge in [-0.1, -0.05) is 61.7 Å². The summed E-state index contributed by atoms with van der Waals surface area (Å²) in [5, 5.41) is 11.1. The van der Waals surface area contributed by atoms with Crippen LogP contribution < -0.4 is 10.3 Å². The Labute approximate surface area is 200 Å². The number of aromatic nitrogens is 1. The fourth-order valence-electron chi connectivity index (χ4n) is 5.19. The van der Waals surface area contributed by atoms with E-state index in [1.54, 1.807) is 7.11 Å². The maximum Gasteiger partial charge on any atom is 0.258 e. The van der Waals surface area contributed by atoms with Gasteiger partial charge in [-0.15, -0.1) is 0 Å². The standard InChI is InChI=1S/C30H28N2O2/c1-34-26-15-16-28-25(17-26)18-29(23-7-3-2-4-8-23)32(30(28)33)20-21-11-13-22(14-12-21)27-10-6-5-9-24(27)19-31/h5-6,9-18,23H,2-4,7-8,20H2,1H3. The van der Waals surface area contributed by atoms with Gasteiger partial charge in [0.1, 0.15) is 5.75 Å². The van der Waals surface area contributed by atoms with Gasteiger partial charge in [0.2, 0.25) is 0 Å². The average molecular weight is 449 g/mol. The molecule has 1 fully saturated rings. The van der Waals surface area contributed by atoms with Crippen LogP contribution in [-0.2, 0) is 6.54 Å². The molecule has 0 radical (unpaired) electrons. The van der Waals surface area contributed by atoms with Crippen molar-refractivity contribution in [2.24, 2.45) is 0 Å². The lowest BCUT2D eigenvalue weighted by molar-refractivity contribution is 0.415. The first kappa shape index (κ1) is 22.0. The van der Waals surface area contributed by atoms with Crippen LogP contribution in [0.15, 0.2) is 77.6 Å². The van der Waals surface area contributed by atoms with Gasteiger partial charge in [0, 0.05) is 11.1 Å². The van der Waals surface area contributed by atoms with Gasteiger partial charge in [0.25, 0.3) is 5.56 Å². The van der Waals surface area contributed by atoms with Gasteiger partial charge in [-0.05, 0) is 71.2 Å². The van der Waals surface area contributed by atoms with E-state index in [0.29, 0.717) is 18.0 Å². The Balaban J connectivity index is 1.55. The molecule has 1 aliphatic rings. The van der Waals surface area contributed by atoms with Gasteiger partial charge in [-0.25, -0.2) is 0 Å². The molecule has 3 aromatic carbocycles. The Kier molecular flexibility index (Phi) is 6.18. The van der Waals surface area contributed by atoms with E-state index < -0.39 is 0 Å². The van der Waals surface area contributed by atoms with Crippen LogP contribution in [-0.4, -0.2) is 11.7 Å². The second kappa shape index (κ2) is 9.57. The van der Waals surface area contributed by atoms with Crippen molar-refractivity contribution in [1.29, 1.82) is 5.26 Å². The molecule has 1 aliphatic carbocycles. The monoisotopic (exact) mass is 448 g/mol. The summed E-state index contributed by atoms with van der Waals surface area (Å²) in [5.74, 6) is 1.17. The van der Waals surface area contributed by atoms with Crippen molar-refractivity contribution in [3.63, 3.8) is 0 Å². The fourth-order valence-corrected chi connectivity index (χ4v) is 5.19. The third kappa shape index (κ3) is 4.22. The van der Waals surface area contributed by atoms with E-state index in [0.717, 1.165) is 51.7 Å². The Morgan fingerprint density at radius 2 is 1.74 bits per heavy atom. The molecular formula is C30H28N2O2. The molecule has 4 aromatic rings. The van der Waals surface area contributed by atoms with Crippen LogP contribution in [0.2, 0.25) is 0 Å². The first-order valence-electron chi connectivity index (χ1n) is 12.0. The van der Waals surface area contributed by atoms with Crippen molar-refractivity contribution in [2.75, 3.05) is 7.11 Å². The number of nitrogens with zero attached hydrogens (tertiary/aromatic N) is 2. The number of ether oxygens (including phenoxy) is 1. The number of nitriles is 1. The van der Waals surface area contributed by atoms with Crippen molar-refractivity contribution in [1.82, 2.24) is 4.57 Å². The second-order valence-electron chi connectivity index (χ2n) is 9.10. The molecule has 0 atom stereocenters. The highest BCUT2D eigenvalue weighted by molar-refractivity contribution is 5.83. The maximum atomic E-state index is 13.7. The molecule has 1 aromatic heterocycles. The lowest BCUT2D eigenvalue weighted by atomic mass is 9.86. The molecule has 0 spiro atoms. The predicted octanol–water partition coefficient (Wildman–Crippen LogP) is 6.64. The number of hydrogen-bond donors (Lipinski definition) is 0. The van der Waals surface area contributed by atoms with E-state index in [9.17, 15) is 10.1 Å². The van der Waals surface area contributed by atoms with Crippen molar-refractivity contribution in [2.45, 2.75) is 44.6 Å². The van der Waals surface area contributed by atoms with Gasteiger partial charge in [0.15, 0.2) is 0 Å². The van der Waals surface area contributed by atoms with Gasteiger partial charge < -0.3 is 9.30 Å².